The van der Waals surface area contributed by atoms with Crippen LogP contribution in [0.3, 0.4) is 0 Å². The first-order valence-electron chi connectivity index (χ1n) is 12.7. The van der Waals surface area contributed by atoms with Gasteiger partial charge in [-0.2, -0.15) is 0 Å². The molecular formula is C28H34N2O8. The lowest BCUT2D eigenvalue weighted by Crippen LogP contribution is -2.29. The second-order valence-corrected chi connectivity index (χ2v) is 9.93. The minimum absolute atomic E-state index is 0.00407. The second kappa shape index (κ2) is 14.8. The van der Waals surface area contributed by atoms with Crippen molar-refractivity contribution in [1.82, 2.24) is 0 Å². The molecule has 0 heterocycles. The SMILES string of the molecule is CC1CCC(=O)CC1.C[C@H]1CCC(=O)[C@H]([C@@H](O)c2ccc([N+](=O)[O-])cc2)C1.O=Cc1ccc([N+](=O)[O-])cc1. The zero-order valence-corrected chi connectivity index (χ0v) is 21.7. The minimum Gasteiger partial charge on any atom is -0.388 e. The van der Waals surface area contributed by atoms with Crippen molar-refractivity contribution in [3.05, 3.63) is 79.9 Å². The maximum Gasteiger partial charge on any atom is 0.269 e. The Labute approximate surface area is 221 Å². The Morgan fingerprint density at radius 1 is 0.816 bits per heavy atom. The molecular weight excluding hydrogens is 492 g/mol. The van der Waals surface area contributed by atoms with Crippen LogP contribution in [0.25, 0.3) is 0 Å². The van der Waals surface area contributed by atoms with Gasteiger partial charge in [0.15, 0.2) is 0 Å². The predicted molar refractivity (Wildman–Crippen MR) is 141 cm³/mol. The third-order valence-electron chi connectivity index (χ3n) is 6.85. The molecule has 2 saturated carbocycles. The highest BCUT2D eigenvalue weighted by Gasteiger charge is 2.33. The van der Waals surface area contributed by atoms with Gasteiger partial charge in [0.1, 0.15) is 17.9 Å². The van der Waals surface area contributed by atoms with Crippen molar-refractivity contribution in [3.63, 3.8) is 0 Å². The number of non-ortho nitro benzene ring substituents is 2. The summed E-state index contributed by atoms with van der Waals surface area (Å²) in [5.41, 5.74) is 0.989. The number of nitro benzene ring substituents is 2. The second-order valence-electron chi connectivity index (χ2n) is 9.93. The van der Waals surface area contributed by atoms with Gasteiger partial charge in [0.25, 0.3) is 11.4 Å². The molecule has 0 saturated heterocycles. The van der Waals surface area contributed by atoms with E-state index in [4.69, 9.17) is 0 Å². The first-order valence-corrected chi connectivity index (χ1v) is 12.7. The normalized spacial score (nSPS) is 20.2. The van der Waals surface area contributed by atoms with Gasteiger partial charge in [-0.3, -0.25) is 34.6 Å². The first-order chi connectivity index (χ1) is 18.0. The van der Waals surface area contributed by atoms with Gasteiger partial charge in [-0.15, -0.1) is 0 Å². The Hall–Kier alpha value is -3.79. The molecule has 10 nitrogen and oxygen atoms in total. The number of rotatable bonds is 5. The molecule has 0 unspecified atom stereocenters. The summed E-state index contributed by atoms with van der Waals surface area (Å²) in [6, 6.07) is 11.2. The fraction of sp³-hybridized carbons (Fsp3) is 0.464. The van der Waals surface area contributed by atoms with E-state index < -0.39 is 16.0 Å². The smallest absolute Gasteiger partial charge is 0.269 e. The van der Waals surface area contributed by atoms with Crippen molar-refractivity contribution in [2.45, 2.75) is 64.9 Å². The largest absolute Gasteiger partial charge is 0.388 e. The molecule has 10 heteroatoms. The zero-order chi connectivity index (χ0) is 28.2. The van der Waals surface area contributed by atoms with E-state index >= 15 is 0 Å². The van der Waals surface area contributed by atoms with Crippen molar-refractivity contribution in [2.24, 2.45) is 17.8 Å². The molecule has 2 fully saturated rings. The quantitative estimate of drug-likeness (QED) is 0.290. The molecule has 2 aliphatic rings. The summed E-state index contributed by atoms with van der Waals surface area (Å²) in [7, 11) is 0. The van der Waals surface area contributed by atoms with Crippen LogP contribution in [0.5, 0.6) is 0 Å². The van der Waals surface area contributed by atoms with Gasteiger partial charge in [-0.05, 0) is 67.3 Å². The number of aldehydes is 1. The fourth-order valence-corrected chi connectivity index (χ4v) is 4.35. The summed E-state index contributed by atoms with van der Waals surface area (Å²) >= 11 is 0. The molecule has 0 aromatic heterocycles. The number of nitro groups is 2. The molecule has 4 rings (SSSR count). The summed E-state index contributed by atoms with van der Waals surface area (Å²) in [6.07, 6.45) is 5.76. The highest BCUT2D eigenvalue weighted by atomic mass is 16.6. The van der Waals surface area contributed by atoms with Crippen LogP contribution in [-0.4, -0.2) is 32.8 Å². The van der Waals surface area contributed by atoms with Gasteiger partial charge in [-0.1, -0.05) is 13.8 Å². The maximum atomic E-state index is 11.9. The third-order valence-corrected chi connectivity index (χ3v) is 6.85. The first kappa shape index (κ1) is 30.4. The number of Topliss-reactive ketones (excluding diaryl/α,β-unsaturated/α-hetero) is 2. The van der Waals surface area contributed by atoms with E-state index in [-0.39, 0.29) is 23.1 Å². The molecule has 38 heavy (non-hydrogen) atoms. The summed E-state index contributed by atoms with van der Waals surface area (Å²) < 4.78 is 0. The van der Waals surface area contributed by atoms with Crippen molar-refractivity contribution >= 4 is 29.2 Å². The Morgan fingerprint density at radius 3 is 1.74 bits per heavy atom. The Bertz CT molecular complexity index is 1100. The van der Waals surface area contributed by atoms with Crippen LogP contribution in [-0.2, 0) is 9.59 Å². The topological polar surface area (TPSA) is 158 Å². The van der Waals surface area contributed by atoms with Gasteiger partial charge in [0.2, 0.25) is 0 Å². The highest BCUT2D eigenvalue weighted by molar-refractivity contribution is 5.82. The lowest BCUT2D eigenvalue weighted by atomic mass is 9.77. The average Bonchev–Trinajstić information content (AvgIpc) is 2.92. The Morgan fingerprint density at radius 2 is 1.29 bits per heavy atom. The number of nitrogens with zero attached hydrogens (tertiary/aromatic N) is 2. The van der Waals surface area contributed by atoms with Gasteiger partial charge < -0.3 is 5.11 Å². The molecule has 1 N–H and O–H groups in total. The lowest BCUT2D eigenvalue weighted by molar-refractivity contribution is -0.385. The number of carbonyl (C=O) groups is 3. The van der Waals surface area contributed by atoms with Crippen LogP contribution in [0.1, 0.15) is 80.8 Å². The molecule has 3 atom stereocenters. The fourth-order valence-electron chi connectivity index (χ4n) is 4.35. The van der Waals surface area contributed by atoms with Crippen LogP contribution in [0.15, 0.2) is 48.5 Å². The van der Waals surface area contributed by atoms with E-state index in [1.165, 1.54) is 48.5 Å². The number of hydrogen-bond donors (Lipinski definition) is 1. The number of carbonyl (C=O) groups excluding carboxylic acids is 3. The number of hydrogen-bond acceptors (Lipinski definition) is 8. The van der Waals surface area contributed by atoms with Crippen LogP contribution in [0, 0.1) is 38.0 Å². The Balaban J connectivity index is 0.000000224. The molecule has 0 radical (unpaired) electrons. The summed E-state index contributed by atoms with van der Waals surface area (Å²) in [5.74, 6) is 1.39. The van der Waals surface area contributed by atoms with Crippen molar-refractivity contribution in [2.75, 3.05) is 0 Å². The average molecular weight is 527 g/mol. The monoisotopic (exact) mass is 526 g/mol. The molecule has 2 aromatic carbocycles. The molecule has 0 spiro atoms. The van der Waals surface area contributed by atoms with E-state index in [1.54, 1.807) is 0 Å². The van der Waals surface area contributed by atoms with Crippen molar-refractivity contribution in [3.8, 4) is 0 Å². The molecule has 2 aliphatic carbocycles. The standard InChI is InChI=1S/C14H17NO4.C7H5NO3.C7H12O/c1-9-2-7-13(16)12(8-9)14(17)10-3-5-11(6-4-10)15(18)19;9-5-6-1-3-7(4-2-6)8(10)11;1-6-2-4-7(8)5-3-6/h3-6,9,12,14,17H,2,7-8H2,1H3;1-5H;6H,2-5H2,1H3/t9-,12+,14-;;/m0../s1. The minimum atomic E-state index is -0.865. The molecule has 204 valence electrons. The van der Waals surface area contributed by atoms with Gasteiger partial charge in [-0.25, -0.2) is 0 Å². The van der Waals surface area contributed by atoms with E-state index in [2.05, 4.69) is 13.8 Å². The number of aliphatic hydroxyl groups is 1. The summed E-state index contributed by atoms with van der Waals surface area (Å²) in [4.78, 5) is 52.3. The number of ketones is 2. The van der Waals surface area contributed by atoms with Gasteiger partial charge in [0.05, 0.1) is 16.0 Å². The summed E-state index contributed by atoms with van der Waals surface area (Å²) in [5, 5.41) is 31.0. The van der Waals surface area contributed by atoms with Crippen LogP contribution >= 0.6 is 0 Å². The summed E-state index contributed by atoms with van der Waals surface area (Å²) in [6.45, 7) is 4.29. The van der Waals surface area contributed by atoms with E-state index in [0.29, 0.717) is 42.0 Å². The van der Waals surface area contributed by atoms with Crippen LogP contribution in [0.2, 0.25) is 0 Å². The van der Waals surface area contributed by atoms with E-state index in [0.717, 1.165) is 38.0 Å². The third kappa shape index (κ3) is 9.59. The number of aliphatic hydroxyl groups excluding tert-OH is 1. The Kier molecular flexibility index (Phi) is 11.9. The molecule has 0 amide bonds. The van der Waals surface area contributed by atoms with Crippen LogP contribution < -0.4 is 0 Å². The molecule has 0 aliphatic heterocycles. The van der Waals surface area contributed by atoms with Crippen molar-refractivity contribution < 1.29 is 29.3 Å². The number of benzene rings is 2. The predicted octanol–water partition coefficient (Wildman–Crippen LogP) is 5.81. The highest BCUT2D eigenvalue weighted by Crippen LogP contribution is 2.35. The maximum absolute atomic E-state index is 11.9. The van der Waals surface area contributed by atoms with Gasteiger partial charge in [0, 0.05) is 55.0 Å². The molecule has 2 aromatic rings. The van der Waals surface area contributed by atoms with Gasteiger partial charge >= 0.3 is 0 Å². The zero-order valence-electron chi connectivity index (χ0n) is 21.7. The van der Waals surface area contributed by atoms with Crippen LogP contribution in [0.4, 0.5) is 11.4 Å². The lowest BCUT2D eigenvalue weighted by Gasteiger charge is -2.29. The van der Waals surface area contributed by atoms with E-state index in [9.17, 15) is 39.7 Å². The molecule has 0 bridgehead atoms. The van der Waals surface area contributed by atoms with Crippen molar-refractivity contribution in [1.29, 1.82) is 0 Å². The van der Waals surface area contributed by atoms with E-state index in [1.807, 2.05) is 0 Å².